The van der Waals surface area contributed by atoms with Gasteiger partial charge in [-0.2, -0.15) is 0 Å². The van der Waals surface area contributed by atoms with Crippen LogP contribution >= 0.6 is 11.3 Å². The van der Waals surface area contributed by atoms with Gasteiger partial charge < -0.3 is 5.32 Å². The van der Waals surface area contributed by atoms with Gasteiger partial charge in [-0.15, -0.1) is 11.3 Å². The summed E-state index contributed by atoms with van der Waals surface area (Å²) in [5, 5.41) is 6.38. The molecule has 0 spiro atoms. The topological polar surface area (TPSA) is 58.2 Å². The Morgan fingerprint density at radius 1 is 1.00 bits per heavy atom. The second-order valence-corrected chi connectivity index (χ2v) is 6.46. The summed E-state index contributed by atoms with van der Waals surface area (Å²) in [6.45, 7) is 1.90. The molecule has 3 amide bonds. The molecule has 132 valence electrons. The monoisotopic (exact) mass is 372 g/mol. The Labute approximate surface area is 152 Å². The van der Waals surface area contributed by atoms with Crippen molar-refractivity contribution in [1.82, 2.24) is 5.32 Å². The molecule has 0 bridgehead atoms. The number of carbonyl (C=O) groups excluding carboxylic acids is 2. The number of halogens is 2. The number of imide groups is 1. The van der Waals surface area contributed by atoms with Crippen LogP contribution in [0.25, 0.3) is 10.4 Å². The second-order valence-electron chi connectivity index (χ2n) is 5.51. The third-order valence-electron chi connectivity index (χ3n) is 3.69. The van der Waals surface area contributed by atoms with Crippen LogP contribution in [0, 0.1) is 18.6 Å². The second kappa shape index (κ2) is 7.45. The van der Waals surface area contributed by atoms with E-state index in [1.54, 1.807) is 23.5 Å². The molecule has 7 heteroatoms. The van der Waals surface area contributed by atoms with Crippen molar-refractivity contribution < 1.29 is 18.4 Å². The molecule has 1 heterocycles. The number of thiophene rings is 1. The molecule has 0 aliphatic heterocycles. The molecule has 0 saturated carbocycles. The van der Waals surface area contributed by atoms with Crippen molar-refractivity contribution in [2.24, 2.45) is 0 Å². The van der Waals surface area contributed by atoms with Crippen molar-refractivity contribution in [3.63, 3.8) is 0 Å². The molecule has 2 N–H and O–H groups in total. The van der Waals surface area contributed by atoms with Gasteiger partial charge in [-0.3, -0.25) is 10.1 Å². The van der Waals surface area contributed by atoms with Crippen molar-refractivity contribution in [3.05, 3.63) is 76.7 Å². The van der Waals surface area contributed by atoms with Crippen LogP contribution in [0.3, 0.4) is 0 Å². The van der Waals surface area contributed by atoms with Gasteiger partial charge in [0.2, 0.25) is 0 Å². The Balaban J connectivity index is 1.70. The van der Waals surface area contributed by atoms with Gasteiger partial charge in [-0.1, -0.05) is 18.2 Å². The summed E-state index contributed by atoms with van der Waals surface area (Å²) in [6.07, 6.45) is 0. The van der Waals surface area contributed by atoms with Crippen LogP contribution in [-0.4, -0.2) is 11.9 Å². The van der Waals surface area contributed by atoms with Crippen molar-refractivity contribution >= 4 is 29.0 Å². The molecule has 0 saturated heterocycles. The lowest BCUT2D eigenvalue weighted by Gasteiger charge is -2.10. The predicted molar refractivity (Wildman–Crippen MR) is 97.3 cm³/mol. The number of amides is 3. The minimum absolute atomic E-state index is 0.460. The number of aryl methyl sites for hydroxylation is 1. The van der Waals surface area contributed by atoms with E-state index in [0.717, 1.165) is 34.2 Å². The fourth-order valence-electron chi connectivity index (χ4n) is 2.49. The smallest absolute Gasteiger partial charge is 0.308 e. The molecule has 3 aromatic rings. The lowest BCUT2D eigenvalue weighted by atomic mass is 10.1. The first-order chi connectivity index (χ1) is 12.5. The first-order valence-electron chi connectivity index (χ1n) is 7.66. The standard InChI is InChI=1S/C19H14F2N2O2S/c1-11-10-12(7-8-13(11)16-6-3-9-26-16)22-19(25)23-18(24)17-14(20)4-2-5-15(17)21/h2-10H,1H3,(H2,22,23,24,25). The molecule has 0 aliphatic carbocycles. The highest BCUT2D eigenvalue weighted by Gasteiger charge is 2.19. The molecule has 0 aliphatic rings. The van der Waals surface area contributed by atoms with Gasteiger partial charge in [0.1, 0.15) is 17.2 Å². The third-order valence-corrected chi connectivity index (χ3v) is 4.59. The van der Waals surface area contributed by atoms with Crippen LogP contribution in [0.5, 0.6) is 0 Å². The maximum atomic E-state index is 13.6. The molecule has 0 radical (unpaired) electrons. The Morgan fingerprint density at radius 3 is 2.35 bits per heavy atom. The van der Waals surface area contributed by atoms with E-state index < -0.39 is 29.1 Å². The van der Waals surface area contributed by atoms with Crippen molar-refractivity contribution in [1.29, 1.82) is 0 Å². The largest absolute Gasteiger partial charge is 0.326 e. The maximum Gasteiger partial charge on any atom is 0.326 e. The average molecular weight is 372 g/mol. The van der Waals surface area contributed by atoms with Crippen LogP contribution in [0.15, 0.2) is 53.9 Å². The molecule has 26 heavy (non-hydrogen) atoms. The Kier molecular flexibility index (Phi) is 5.09. The first kappa shape index (κ1) is 17.8. The van der Waals surface area contributed by atoms with E-state index in [-0.39, 0.29) is 0 Å². The predicted octanol–water partition coefficient (Wildman–Crippen LogP) is 4.96. The average Bonchev–Trinajstić information content (AvgIpc) is 3.08. The molecule has 0 atom stereocenters. The van der Waals surface area contributed by atoms with Gasteiger partial charge in [0.25, 0.3) is 5.91 Å². The van der Waals surface area contributed by atoms with Crippen LogP contribution in [0.2, 0.25) is 0 Å². The van der Waals surface area contributed by atoms with Gasteiger partial charge in [0, 0.05) is 10.6 Å². The minimum Gasteiger partial charge on any atom is -0.308 e. The highest BCUT2D eigenvalue weighted by Crippen LogP contribution is 2.29. The summed E-state index contributed by atoms with van der Waals surface area (Å²) in [6, 6.07) is 11.4. The fraction of sp³-hybridized carbons (Fsp3) is 0.0526. The lowest BCUT2D eigenvalue weighted by molar-refractivity contribution is 0.0959. The number of rotatable bonds is 3. The third kappa shape index (κ3) is 3.78. The van der Waals surface area contributed by atoms with Crippen LogP contribution in [0.4, 0.5) is 19.3 Å². The Hall–Kier alpha value is -3.06. The zero-order valence-corrected chi connectivity index (χ0v) is 14.5. The Bertz CT molecular complexity index is 951. The fourth-order valence-corrected chi connectivity index (χ4v) is 3.31. The summed E-state index contributed by atoms with van der Waals surface area (Å²) >= 11 is 1.60. The van der Waals surface area contributed by atoms with E-state index >= 15 is 0 Å². The molecule has 0 unspecified atom stereocenters. The molecule has 1 aromatic heterocycles. The molecule has 3 rings (SSSR count). The van der Waals surface area contributed by atoms with Crippen LogP contribution in [0.1, 0.15) is 15.9 Å². The molecule has 0 fully saturated rings. The summed E-state index contributed by atoms with van der Waals surface area (Å²) < 4.78 is 27.2. The van der Waals surface area contributed by atoms with E-state index in [1.807, 2.05) is 35.8 Å². The molecule has 4 nitrogen and oxygen atoms in total. The number of hydrogen-bond donors (Lipinski definition) is 2. The Morgan fingerprint density at radius 2 is 1.73 bits per heavy atom. The van der Waals surface area contributed by atoms with E-state index in [4.69, 9.17) is 0 Å². The van der Waals surface area contributed by atoms with Gasteiger partial charge >= 0.3 is 6.03 Å². The van der Waals surface area contributed by atoms with Crippen LogP contribution < -0.4 is 10.6 Å². The van der Waals surface area contributed by atoms with Gasteiger partial charge in [-0.05, 0) is 53.8 Å². The zero-order valence-electron chi connectivity index (χ0n) is 13.7. The quantitative estimate of drug-likeness (QED) is 0.682. The number of benzene rings is 2. The van der Waals surface area contributed by atoms with Crippen molar-refractivity contribution in [2.75, 3.05) is 5.32 Å². The normalized spacial score (nSPS) is 10.4. The number of anilines is 1. The van der Waals surface area contributed by atoms with Gasteiger partial charge in [0.15, 0.2) is 0 Å². The number of nitrogens with one attached hydrogen (secondary N) is 2. The summed E-state index contributed by atoms with van der Waals surface area (Å²) in [7, 11) is 0. The molecule has 2 aromatic carbocycles. The lowest BCUT2D eigenvalue weighted by Crippen LogP contribution is -2.35. The van der Waals surface area contributed by atoms with E-state index in [9.17, 15) is 18.4 Å². The summed E-state index contributed by atoms with van der Waals surface area (Å²) in [4.78, 5) is 25.0. The van der Waals surface area contributed by atoms with Crippen molar-refractivity contribution in [3.8, 4) is 10.4 Å². The van der Waals surface area contributed by atoms with E-state index in [0.29, 0.717) is 5.69 Å². The summed E-state index contributed by atoms with van der Waals surface area (Å²) in [5.74, 6) is -3.22. The SMILES string of the molecule is Cc1cc(NC(=O)NC(=O)c2c(F)cccc2F)ccc1-c1cccs1. The van der Waals surface area contributed by atoms with E-state index in [2.05, 4.69) is 5.32 Å². The van der Waals surface area contributed by atoms with Gasteiger partial charge in [0.05, 0.1) is 0 Å². The van der Waals surface area contributed by atoms with E-state index in [1.165, 1.54) is 0 Å². The molecular weight excluding hydrogens is 358 g/mol. The van der Waals surface area contributed by atoms with Crippen molar-refractivity contribution in [2.45, 2.75) is 6.92 Å². The number of hydrogen-bond acceptors (Lipinski definition) is 3. The minimum atomic E-state index is -1.15. The first-order valence-corrected chi connectivity index (χ1v) is 8.54. The maximum absolute atomic E-state index is 13.6. The summed E-state index contributed by atoms with van der Waals surface area (Å²) in [5.41, 5.74) is 1.64. The number of urea groups is 1. The molecular formula is C19H14F2N2O2S. The number of carbonyl (C=O) groups is 2. The zero-order chi connectivity index (χ0) is 18.7. The van der Waals surface area contributed by atoms with Crippen LogP contribution in [-0.2, 0) is 0 Å². The highest BCUT2D eigenvalue weighted by molar-refractivity contribution is 7.13. The van der Waals surface area contributed by atoms with Gasteiger partial charge in [-0.25, -0.2) is 13.6 Å². The highest BCUT2D eigenvalue weighted by atomic mass is 32.1.